The van der Waals surface area contributed by atoms with Gasteiger partial charge in [-0.05, 0) is 29.7 Å². The van der Waals surface area contributed by atoms with Crippen molar-refractivity contribution >= 4 is 34.5 Å². The first-order valence-corrected chi connectivity index (χ1v) is 12.7. The van der Waals surface area contributed by atoms with E-state index in [4.69, 9.17) is 9.72 Å². The molecule has 4 rings (SSSR count). The molecular formula is C26H30N6O2S. The number of carbonyl (C=O) groups excluding carboxylic acids is 1. The largest absolute Gasteiger partial charge is 0.383 e. The smallest absolute Gasteiger partial charge is 0.251 e. The molecule has 0 spiro atoms. The van der Waals surface area contributed by atoms with Crippen LogP contribution >= 0.6 is 11.8 Å². The lowest BCUT2D eigenvalue weighted by molar-refractivity contribution is 0.0952. The quantitative estimate of drug-likeness (QED) is 0.172. The maximum absolute atomic E-state index is 12.7. The van der Waals surface area contributed by atoms with Gasteiger partial charge in [0.25, 0.3) is 5.91 Å². The van der Waals surface area contributed by atoms with Gasteiger partial charge in [-0.1, -0.05) is 61.2 Å². The molecule has 8 nitrogen and oxygen atoms in total. The summed E-state index contributed by atoms with van der Waals surface area (Å²) in [4.78, 5) is 22.1. The minimum atomic E-state index is -0.114. The zero-order valence-corrected chi connectivity index (χ0v) is 20.8. The van der Waals surface area contributed by atoms with Crippen LogP contribution in [0.25, 0.3) is 22.2 Å². The number of anilines is 1. The van der Waals surface area contributed by atoms with E-state index in [9.17, 15) is 4.79 Å². The van der Waals surface area contributed by atoms with Gasteiger partial charge in [-0.3, -0.25) is 4.79 Å². The lowest BCUT2D eigenvalue weighted by atomic mass is 10.0. The number of aromatic nitrogens is 4. The molecule has 0 atom stereocenters. The molecule has 2 N–H and O–H groups in total. The van der Waals surface area contributed by atoms with Crippen molar-refractivity contribution in [3.05, 3.63) is 66.4 Å². The number of fused-ring (bicyclic) bond motifs is 1. The van der Waals surface area contributed by atoms with Crippen LogP contribution < -0.4 is 10.6 Å². The monoisotopic (exact) mass is 490 g/mol. The normalized spacial score (nSPS) is 11.0. The second kappa shape index (κ2) is 12.3. The number of methoxy groups -OCH3 is 1. The van der Waals surface area contributed by atoms with Gasteiger partial charge in [-0.15, -0.1) is 0 Å². The molecule has 2 aromatic heterocycles. The molecule has 4 aromatic rings. The van der Waals surface area contributed by atoms with Gasteiger partial charge in [-0.2, -0.15) is 5.10 Å². The summed E-state index contributed by atoms with van der Waals surface area (Å²) in [5.74, 6) is 1.58. The van der Waals surface area contributed by atoms with Gasteiger partial charge in [0.05, 0.1) is 24.7 Å². The molecule has 0 aliphatic rings. The number of benzene rings is 2. The van der Waals surface area contributed by atoms with Crippen LogP contribution in [0.1, 0.15) is 23.7 Å². The third kappa shape index (κ3) is 6.37. The zero-order chi connectivity index (χ0) is 24.5. The lowest BCUT2D eigenvalue weighted by Crippen LogP contribution is -2.27. The Morgan fingerprint density at radius 1 is 1.03 bits per heavy atom. The van der Waals surface area contributed by atoms with Gasteiger partial charge in [0.15, 0.2) is 10.8 Å². The van der Waals surface area contributed by atoms with Crippen molar-refractivity contribution in [3.63, 3.8) is 0 Å². The number of amides is 1. The topological polar surface area (TPSA) is 94.0 Å². The predicted octanol–water partition coefficient (Wildman–Crippen LogP) is 4.48. The van der Waals surface area contributed by atoms with Crippen molar-refractivity contribution < 1.29 is 9.53 Å². The van der Waals surface area contributed by atoms with Crippen LogP contribution in [0.4, 0.5) is 5.82 Å². The fourth-order valence-corrected chi connectivity index (χ4v) is 4.28. The summed E-state index contributed by atoms with van der Waals surface area (Å²) < 4.78 is 6.96. The van der Waals surface area contributed by atoms with Crippen molar-refractivity contribution in [1.82, 2.24) is 25.1 Å². The maximum Gasteiger partial charge on any atom is 0.251 e. The Morgan fingerprint density at radius 3 is 2.54 bits per heavy atom. The highest BCUT2D eigenvalue weighted by Gasteiger charge is 2.14. The van der Waals surface area contributed by atoms with Crippen LogP contribution in [0, 0.1) is 0 Å². The second-order valence-corrected chi connectivity index (χ2v) is 8.99. The number of nitrogens with one attached hydrogen (secondary N) is 2. The molecule has 9 heteroatoms. The molecule has 0 unspecified atom stereocenters. The van der Waals surface area contributed by atoms with Gasteiger partial charge >= 0.3 is 0 Å². The average molecular weight is 491 g/mol. The SMILES string of the molecule is CCCSc1nc(NCCOC)c2cnn(CCNC(=O)c3ccc(-c4ccccc4)cc3)c2n1. The summed E-state index contributed by atoms with van der Waals surface area (Å²) in [5.41, 5.74) is 3.58. The zero-order valence-electron chi connectivity index (χ0n) is 20.0. The van der Waals surface area contributed by atoms with E-state index in [2.05, 4.69) is 39.8 Å². The molecule has 0 fully saturated rings. The molecule has 0 saturated heterocycles. The highest BCUT2D eigenvalue weighted by atomic mass is 32.2. The van der Waals surface area contributed by atoms with E-state index in [0.29, 0.717) is 37.0 Å². The number of nitrogens with zero attached hydrogens (tertiary/aromatic N) is 4. The van der Waals surface area contributed by atoms with Crippen molar-refractivity contribution in [2.45, 2.75) is 25.0 Å². The van der Waals surface area contributed by atoms with Crippen molar-refractivity contribution in [1.29, 1.82) is 0 Å². The van der Waals surface area contributed by atoms with Crippen LogP contribution in [0.15, 0.2) is 66.0 Å². The van der Waals surface area contributed by atoms with Gasteiger partial charge in [0.1, 0.15) is 5.82 Å². The van der Waals surface area contributed by atoms with E-state index in [-0.39, 0.29) is 5.91 Å². The van der Waals surface area contributed by atoms with Crippen LogP contribution in [0.2, 0.25) is 0 Å². The molecule has 1 amide bonds. The Morgan fingerprint density at radius 2 is 1.80 bits per heavy atom. The number of hydrogen-bond donors (Lipinski definition) is 2. The summed E-state index contributed by atoms with van der Waals surface area (Å²) in [6, 6.07) is 17.7. The van der Waals surface area contributed by atoms with E-state index in [1.807, 2.05) is 47.1 Å². The van der Waals surface area contributed by atoms with Crippen molar-refractivity contribution in [3.8, 4) is 11.1 Å². The van der Waals surface area contributed by atoms with Crippen molar-refractivity contribution in [2.75, 3.05) is 37.9 Å². The van der Waals surface area contributed by atoms with Crippen LogP contribution in [0.5, 0.6) is 0 Å². The second-order valence-electron chi connectivity index (χ2n) is 7.93. The molecule has 35 heavy (non-hydrogen) atoms. The number of ether oxygens (including phenoxy) is 1. The van der Waals surface area contributed by atoms with E-state index in [1.54, 1.807) is 25.1 Å². The summed E-state index contributed by atoms with van der Waals surface area (Å²) in [5, 5.41) is 12.4. The Kier molecular flexibility index (Phi) is 8.69. The van der Waals surface area contributed by atoms with E-state index < -0.39 is 0 Å². The van der Waals surface area contributed by atoms with Crippen LogP contribution in [-0.2, 0) is 11.3 Å². The first kappa shape index (κ1) is 24.7. The van der Waals surface area contributed by atoms with E-state index in [0.717, 1.165) is 40.2 Å². The molecular weight excluding hydrogens is 460 g/mol. The molecule has 2 heterocycles. The fourth-order valence-electron chi connectivity index (χ4n) is 3.59. The van der Waals surface area contributed by atoms with Gasteiger partial charge in [0.2, 0.25) is 0 Å². The molecule has 2 aromatic carbocycles. The third-order valence-corrected chi connectivity index (χ3v) is 6.43. The van der Waals surface area contributed by atoms with Gasteiger partial charge in [-0.25, -0.2) is 14.6 Å². The Labute approximate surface area is 209 Å². The number of carbonyl (C=O) groups is 1. The highest BCUT2D eigenvalue weighted by molar-refractivity contribution is 7.99. The first-order valence-electron chi connectivity index (χ1n) is 11.7. The Bertz CT molecular complexity index is 1240. The Hall–Kier alpha value is -3.43. The minimum Gasteiger partial charge on any atom is -0.383 e. The molecule has 0 radical (unpaired) electrons. The Balaban J connectivity index is 1.41. The average Bonchev–Trinajstić information content (AvgIpc) is 3.31. The van der Waals surface area contributed by atoms with Gasteiger partial charge in [0, 0.05) is 31.5 Å². The third-order valence-electron chi connectivity index (χ3n) is 5.37. The molecule has 182 valence electrons. The predicted molar refractivity (Wildman–Crippen MR) is 141 cm³/mol. The summed E-state index contributed by atoms with van der Waals surface area (Å²) in [6.07, 6.45) is 2.80. The number of thioether (sulfide) groups is 1. The molecule has 0 bridgehead atoms. The molecule has 0 aliphatic carbocycles. The number of hydrogen-bond acceptors (Lipinski definition) is 7. The van der Waals surface area contributed by atoms with Crippen LogP contribution in [-0.4, -0.2) is 58.2 Å². The van der Waals surface area contributed by atoms with E-state index in [1.165, 1.54) is 0 Å². The minimum absolute atomic E-state index is 0.114. The standard InChI is InChI=1S/C26H30N6O2S/c1-3-17-35-26-30-23(27-14-16-34-2)22-18-29-32(24(22)31-26)15-13-28-25(33)21-11-9-20(10-12-21)19-7-5-4-6-8-19/h4-12,18H,3,13-17H2,1-2H3,(H,28,33)(H,27,30,31). The van der Waals surface area contributed by atoms with Crippen LogP contribution in [0.3, 0.4) is 0 Å². The lowest BCUT2D eigenvalue weighted by Gasteiger charge is -2.10. The summed E-state index contributed by atoms with van der Waals surface area (Å²) in [6.45, 7) is 4.29. The summed E-state index contributed by atoms with van der Waals surface area (Å²) >= 11 is 1.62. The highest BCUT2D eigenvalue weighted by Crippen LogP contribution is 2.25. The fraction of sp³-hybridized carbons (Fsp3) is 0.308. The van der Waals surface area contributed by atoms with Crippen molar-refractivity contribution in [2.24, 2.45) is 0 Å². The maximum atomic E-state index is 12.7. The van der Waals surface area contributed by atoms with E-state index >= 15 is 0 Å². The number of rotatable bonds is 12. The molecule has 0 aliphatic heterocycles. The first-order chi connectivity index (χ1) is 17.2. The van der Waals surface area contributed by atoms with Gasteiger partial charge < -0.3 is 15.4 Å². The molecule has 0 saturated carbocycles. The summed E-state index contributed by atoms with van der Waals surface area (Å²) in [7, 11) is 1.67.